The first-order valence-corrected chi connectivity index (χ1v) is 12.7. The van der Waals surface area contributed by atoms with E-state index in [2.05, 4.69) is 0 Å². The highest BCUT2D eigenvalue weighted by molar-refractivity contribution is 5.71. The van der Waals surface area contributed by atoms with Crippen LogP contribution in [0.15, 0.2) is 78.9 Å². The lowest BCUT2D eigenvalue weighted by Crippen LogP contribution is -2.65. The van der Waals surface area contributed by atoms with Crippen molar-refractivity contribution in [2.45, 2.75) is 31.3 Å². The summed E-state index contributed by atoms with van der Waals surface area (Å²) in [4.78, 5) is 13.2. The first-order valence-electron chi connectivity index (χ1n) is 12.7. The topological polar surface area (TPSA) is 35.5 Å². The number of nitrogens with zero attached hydrogens (tertiary/aromatic N) is 1. The summed E-state index contributed by atoms with van der Waals surface area (Å²) in [6, 6.07) is 22.1. The van der Waals surface area contributed by atoms with E-state index in [1.165, 1.54) is 24.3 Å². The zero-order chi connectivity index (χ0) is 25.0. The number of para-hydroxylation sites is 1. The van der Waals surface area contributed by atoms with Gasteiger partial charge >= 0.3 is 5.97 Å². The number of ether oxygens (including phenoxy) is 2. The molecule has 3 fully saturated rings. The number of halogens is 2. The number of quaternary nitrogens is 1. The number of hydrogen-bond donors (Lipinski definition) is 0. The van der Waals surface area contributed by atoms with Gasteiger partial charge in [0.1, 0.15) is 37.1 Å². The maximum atomic E-state index is 14.0. The molecule has 0 radical (unpaired) electrons. The van der Waals surface area contributed by atoms with E-state index in [1.54, 1.807) is 24.3 Å². The predicted molar refractivity (Wildman–Crippen MR) is 134 cm³/mol. The molecule has 0 aliphatic carbocycles. The van der Waals surface area contributed by atoms with E-state index < -0.39 is 5.92 Å². The van der Waals surface area contributed by atoms with Crippen molar-refractivity contribution in [2.75, 3.05) is 32.8 Å². The van der Waals surface area contributed by atoms with Crippen molar-refractivity contribution in [1.29, 1.82) is 0 Å². The molecule has 188 valence electrons. The van der Waals surface area contributed by atoms with Crippen molar-refractivity contribution < 1.29 is 27.5 Å². The van der Waals surface area contributed by atoms with Gasteiger partial charge in [0.15, 0.2) is 6.10 Å². The van der Waals surface area contributed by atoms with Gasteiger partial charge < -0.3 is 14.0 Å². The quantitative estimate of drug-likeness (QED) is 0.283. The number of carbonyl (C=O) groups is 1. The van der Waals surface area contributed by atoms with Crippen LogP contribution in [-0.4, -0.2) is 49.3 Å². The molecule has 1 atom stereocenters. The van der Waals surface area contributed by atoms with Gasteiger partial charge in [-0.1, -0.05) is 42.5 Å². The molecule has 0 N–H and O–H groups in total. The molecule has 3 heterocycles. The fraction of sp³-hybridized carbons (Fsp3) is 0.367. The molecular weight excluding hydrogens is 460 g/mol. The third-order valence-corrected chi connectivity index (χ3v) is 7.77. The highest BCUT2D eigenvalue weighted by atomic mass is 19.1. The van der Waals surface area contributed by atoms with Gasteiger partial charge in [0.05, 0.1) is 19.5 Å². The molecule has 0 saturated carbocycles. The Balaban J connectivity index is 1.24. The van der Waals surface area contributed by atoms with Gasteiger partial charge in [0.2, 0.25) is 0 Å². The lowest BCUT2D eigenvalue weighted by molar-refractivity contribution is -0.946. The summed E-state index contributed by atoms with van der Waals surface area (Å²) in [7, 11) is 0. The van der Waals surface area contributed by atoms with Crippen molar-refractivity contribution in [2.24, 2.45) is 5.92 Å². The molecule has 0 amide bonds. The van der Waals surface area contributed by atoms with E-state index in [0.717, 1.165) is 49.3 Å². The van der Waals surface area contributed by atoms with Crippen LogP contribution in [0.5, 0.6) is 5.75 Å². The Hall–Kier alpha value is -3.25. The van der Waals surface area contributed by atoms with Gasteiger partial charge in [-0.25, -0.2) is 8.78 Å². The van der Waals surface area contributed by atoms with Gasteiger partial charge in [0, 0.05) is 24.7 Å². The molecule has 0 spiro atoms. The van der Waals surface area contributed by atoms with Crippen molar-refractivity contribution in [3.05, 3.63) is 102 Å². The minimum Gasteiger partial charge on any atom is -0.488 e. The second-order valence-electron chi connectivity index (χ2n) is 10.1. The highest BCUT2D eigenvalue weighted by Gasteiger charge is 2.47. The maximum Gasteiger partial charge on any atom is 0.307 e. The Labute approximate surface area is 211 Å². The summed E-state index contributed by atoms with van der Waals surface area (Å²) in [6.07, 6.45) is 1.95. The molecule has 3 aromatic rings. The highest BCUT2D eigenvalue weighted by Crippen LogP contribution is 2.36. The molecular formula is C30H32F2NO3+. The molecule has 6 heteroatoms. The average molecular weight is 493 g/mol. The fourth-order valence-electron chi connectivity index (χ4n) is 5.80. The smallest absolute Gasteiger partial charge is 0.307 e. The summed E-state index contributed by atoms with van der Waals surface area (Å²) in [5.74, 6) is -0.344. The molecule has 6 rings (SSSR count). The Morgan fingerprint density at radius 1 is 0.889 bits per heavy atom. The Kier molecular flexibility index (Phi) is 7.33. The van der Waals surface area contributed by atoms with Crippen LogP contribution in [0.4, 0.5) is 8.78 Å². The van der Waals surface area contributed by atoms with Crippen LogP contribution in [0.3, 0.4) is 0 Å². The normalized spacial score (nSPS) is 23.0. The van der Waals surface area contributed by atoms with Crippen molar-refractivity contribution >= 4 is 5.97 Å². The fourth-order valence-corrected chi connectivity index (χ4v) is 5.80. The summed E-state index contributed by atoms with van der Waals surface area (Å²) < 4.78 is 40.9. The summed E-state index contributed by atoms with van der Waals surface area (Å²) >= 11 is 0. The van der Waals surface area contributed by atoms with Gasteiger partial charge in [-0.3, -0.25) is 4.79 Å². The third-order valence-electron chi connectivity index (χ3n) is 7.77. The van der Waals surface area contributed by atoms with Crippen molar-refractivity contribution in [3.63, 3.8) is 0 Å². The summed E-state index contributed by atoms with van der Waals surface area (Å²) in [5, 5.41) is 0. The zero-order valence-corrected chi connectivity index (χ0v) is 20.3. The molecule has 0 unspecified atom stereocenters. The summed E-state index contributed by atoms with van der Waals surface area (Å²) in [5.41, 5.74) is 1.26. The van der Waals surface area contributed by atoms with Crippen LogP contribution in [0.25, 0.3) is 0 Å². The van der Waals surface area contributed by atoms with Crippen LogP contribution in [0.1, 0.15) is 36.3 Å². The minimum atomic E-state index is -0.479. The lowest BCUT2D eigenvalue weighted by atomic mass is 9.83. The first kappa shape index (κ1) is 24.4. The van der Waals surface area contributed by atoms with Gasteiger partial charge in [-0.2, -0.15) is 0 Å². The second kappa shape index (κ2) is 10.8. The molecule has 36 heavy (non-hydrogen) atoms. The van der Waals surface area contributed by atoms with Crippen molar-refractivity contribution in [3.8, 4) is 5.75 Å². The Bertz CT molecular complexity index is 1130. The van der Waals surface area contributed by atoms with E-state index in [0.29, 0.717) is 23.7 Å². The first-order chi connectivity index (χ1) is 17.5. The molecule has 0 aromatic heterocycles. The third kappa shape index (κ3) is 5.76. The number of rotatable bonds is 9. The van der Waals surface area contributed by atoms with Crippen LogP contribution in [-0.2, 0) is 9.53 Å². The largest absolute Gasteiger partial charge is 0.488 e. The van der Waals surface area contributed by atoms with Crippen molar-refractivity contribution in [1.82, 2.24) is 0 Å². The monoisotopic (exact) mass is 492 g/mol. The second-order valence-corrected chi connectivity index (χ2v) is 10.1. The van der Waals surface area contributed by atoms with Gasteiger partial charge in [-0.05, 0) is 47.5 Å². The molecule has 4 nitrogen and oxygen atoms in total. The van der Waals surface area contributed by atoms with Gasteiger partial charge in [-0.15, -0.1) is 0 Å². The number of piperidine rings is 3. The average Bonchev–Trinajstić information content (AvgIpc) is 2.88. The summed E-state index contributed by atoms with van der Waals surface area (Å²) in [6.45, 7) is 4.44. The maximum absolute atomic E-state index is 14.0. The Morgan fingerprint density at radius 3 is 2.14 bits per heavy atom. The van der Waals surface area contributed by atoms with E-state index in [-0.39, 0.29) is 30.1 Å². The van der Waals surface area contributed by atoms with E-state index in [9.17, 15) is 13.6 Å². The molecule has 3 saturated heterocycles. The van der Waals surface area contributed by atoms with Crippen LogP contribution < -0.4 is 4.74 Å². The number of benzene rings is 3. The molecule has 2 bridgehead atoms. The van der Waals surface area contributed by atoms with E-state index in [1.807, 2.05) is 30.3 Å². The van der Waals surface area contributed by atoms with Gasteiger partial charge in [0.25, 0.3) is 0 Å². The minimum absolute atomic E-state index is 0.0350. The number of fused-ring (bicyclic) bond motifs is 3. The predicted octanol–water partition coefficient (Wildman–Crippen LogP) is 5.72. The van der Waals surface area contributed by atoms with E-state index >= 15 is 0 Å². The SMILES string of the molecule is O=C(CC(c1cccc(F)c1)c1cccc(F)c1)O[C@H]1C[N+]2(CCOc3ccccc3)CCC1CC2. The van der Waals surface area contributed by atoms with E-state index in [4.69, 9.17) is 9.47 Å². The lowest BCUT2D eigenvalue weighted by Gasteiger charge is -2.51. The van der Waals surface area contributed by atoms with Crippen LogP contribution in [0, 0.1) is 17.6 Å². The van der Waals surface area contributed by atoms with Crippen LogP contribution >= 0.6 is 0 Å². The number of carbonyl (C=O) groups excluding carboxylic acids is 1. The van der Waals surface area contributed by atoms with Crippen LogP contribution in [0.2, 0.25) is 0 Å². The molecule has 3 aromatic carbocycles. The number of hydrogen-bond acceptors (Lipinski definition) is 3. The zero-order valence-electron chi connectivity index (χ0n) is 20.3. The Morgan fingerprint density at radius 2 is 1.53 bits per heavy atom. The molecule has 3 aliphatic rings. The standard InChI is InChI=1S/C30H32F2NO3/c31-25-8-4-6-23(18-25)28(24-7-5-9-26(32)19-24)20-30(34)36-29-21-33(14-12-22(29)13-15-33)16-17-35-27-10-2-1-3-11-27/h1-11,18-19,22,28-29H,12-17,20-21H2/q+1/t22?,29-,33?/m0/s1. The molecule has 3 aliphatic heterocycles. The number of esters is 1.